The Labute approximate surface area is 149 Å². The van der Waals surface area contributed by atoms with Crippen LogP contribution in [-0.4, -0.2) is 37.0 Å². The van der Waals surface area contributed by atoms with Crippen LogP contribution in [0.5, 0.6) is 0 Å². The highest BCUT2D eigenvalue weighted by molar-refractivity contribution is 5.15. The molecule has 4 rings (SSSR count). The van der Waals surface area contributed by atoms with Crippen molar-refractivity contribution < 1.29 is 14.3 Å². The van der Waals surface area contributed by atoms with Crippen molar-refractivity contribution in [1.82, 2.24) is 5.06 Å². The summed E-state index contributed by atoms with van der Waals surface area (Å²) in [5.74, 6) is 0.530. The first kappa shape index (κ1) is 16.7. The number of hydrogen-bond donors (Lipinski definition) is 0. The molecule has 0 aromatic heterocycles. The maximum absolute atomic E-state index is 6.05. The van der Waals surface area contributed by atoms with E-state index in [4.69, 9.17) is 14.3 Å². The van der Waals surface area contributed by atoms with E-state index in [1.807, 2.05) is 24.3 Å². The van der Waals surface area contributed by atoms with Gasteiger partial charge in [0.15, 0.2) is 0 Å². The molecule has 2 aliphatic rings. The summed E-state index contributed by atoms with van der Waals surface area (Å²) < 4.78 is 11.9. The molecule has 0 unspecified atom stereocenters. The summed E-state index contributed by atoms with van der Waals surface area (Å²) in [7, 11) is 0. The monoisotopic (exact) mass is 339 g/mol. The smallest absolute Gasteiger partial charge is 0.0813 e. The van der Waals surface area contributed by atoms with Crippen molar-refractivity contribution in [3.8, 4) is 0 Å². The fourth-order valence-corrected chi connectivity index (χ4v) is 3.64. The normalized spacial score (nSPS) is 26.5. The van der Waals surface area contributed by atoms with Crippen molar-refractivity contribution in [1.29, 1.82) is 0 Å². The topological polar surface area (TPSA) is 30.9 Å². The Morgan fingerprint density at radius 2 is 1.64 bits per heavy atom. The van der Waals surface area contributed by atoms with E-state index in [0.29, 0.717) is 25.2 Å². The minimum absolute atomic E-state index is 0.172. The molecule has 0 amide bonds. The second-order valence-electron chi connectivity index (χ2n) is 6.88. The van der Waals surface area contributed by atoms with Crippen LogP contribution in [0.3, 0.4) is 0 Å². The Bertz CT molecular complexity index is 649. The standard InChI is InChI=1S/C21H25NO3/c1-3-7-17(8-4-1)12-22-21-16-24-20(11-19(21)14-25-22)15-23-13-18-9-5-2-6-10-18/h1-10,19-21H,11-16H2/t19-,20+,21-/m1/s1. The summed E-state index contributed by atoms with van der Waals surface area (Å²) in [4.78, 5) is 5.94. The summed E-state index contributed by atoms with van der Waals surface area (Å²) in [5.41, 5.74) is 2.48. The SMILES string of the molecule is c1ccc(COC[C@@H]2C[C@@H]3CON(Cc4ccccc4)[C@@H]3CO2)cc1. The van der Waals surface area contributed by atoms with Crippen molar-refractivity contribution in [3.63, 3.8) is 0 Å². The summed E-state index contributed by atoms with van der Waals surface area (Å²) in [6.45, 7) is 3.62. The predicted molar refractivity (Wildman–Crippen MR) is 95.7 cm³/mol. The number of fused-ring (bicyclic) bond motifs is 1. The largest absolute Gasteiger partial charge is 0.374 e. The summed E-state index contributed by atoms with van der Waals surface area (Å²) >= 11 is 0. The van der Waals surface area contributed by atoms with Crippen molar-refractivity contribution >= 4 is 0 Å². The molecular formula is C21H25NO3. The molecule has 2 aromatic rings. The Kier molecular flexibility index (Phi) is 5.43. The van der Waals surface area contributed by atoms with Crippen LogP contribution >= 0.6 is 0 Å². The zero-order chi connectivity index (χ0) is 16.9. The lowest BCUT2D eigenvalue weighted by Gasteiger charge is -2.33. The number of nitrogens with zero attached hydrogens (tertiary/aromatic N) is 1. The molecule has 0 N–H and O–H groups in total. The van der Waals surface area contributed by atoms with Crippen LogP contribution in [0.2, 0.25) is 0 Å². The van der Waals surface area contributed by atoms with Gasteiger partial charge in [-0.3, -0.25) is 4.84 Å². The average molecular weight is 339 g/mol. The van der Waals surface area contributed by atoms with E-state index in [2.05, 4.69) is 41.5 Å². The molecule has 0 radical (unpaired) electrons. The highest BCUT2D eigenvalue weighted by Gasteiger charge is 2.40. The van der Waals surface area contributed by atoms with Gasteiger partial charge in [-0.05, 0) is 17.5 Å². The molecule has 4 heteroatoms. The molecule has 0 aliphatic carbocycles. The molecule has 3 atom stereocenters. The fourth-order valence-electron chi connectivity index (χ4n) is 3.64. The minimum Gasteiger partial charge on any atom is -0.374 e. The Hall–Kier alpha value is -1.72. The molecule has 2 aromatic carbocycles. The molecule has 25 heavy (non-hydrogen) atoms. The van der Waals surface area contributed by atoms with E-state index < -0.39 is 0 Å². The first-order chi connectivity index (χ1) is 12.4. The van der Waals surface area contributed by atoms with Gasteiger partial charge in [-0.1, -0.05) is 60.7 Å². The number of hydroxylamine groups is 2. The molecule has 2 saturated heterocycles. The Balaban J connectivity index is 1.24. The lowest BCUT2D eigenvalue weighted by Crippen LogP contribution is -2.43. The van der Waals surface area contributed by atoms with E-state index in [-0.39, 0.29) is 6.10 Å². The van der Waals surface area contributed by atoms with Crippen LogP contribution in [-0.2, 0) is 27.5 Å². The zero-order valence-electron chi connectivity index (χ0n) is 14.4. The van der Waals surface area contributed by atoms with Crippen LogP contribution in [0, 0.1) is 5.92 Å². The van der Waals surface area contributed by atoms with Gasteiger partial charge in [0.1, 0.15) is 0 Å². The van der Waals surface area contributed by atoms with Gasteiger partial charge in [-0.15, -0.1) is 0 Å². The maximum atomic E-state index is 6.05. The number of hydrogen-bond acceptors (Lipinski definition) is 4. The Morgan fingerprint density at radius 1 is 0.920 bits per heavy atom. The fraction of sp³-hybridized carbons (Fsp3) is 0.429. The maximum Gasteiger partial charge on any atom is 0.0813 e. The summed E-state index contributed by atoms with van der Waals surface area (Å²) in [6.07, 6.45) is 1.18. The average Bonchev–Trinajstić information content (AvgIpc) is 3.06. The molecule has 0 saturated carbocycles. The van der Waals surface area contributed by atoms with Crippen LogP contribution in [0.15, 0.2) is 60.7 Å². The van der Waals surface area contributed by atoms with E-state index >= 15 is 0 Å². The molecular weight excluding hydrogens is 314 g/mol. The number of ether oxygens (including phenoxy) is 2. The molecule has 132 valence electrons. The van der Waals surface area contributed by atoms with Crippen molar-refractivity contribution in [2.24, 2.45) is 5.92 Å². The van der Waals surface area contributed by atoms with Gasteiger partial charge in [0, 0.05) is 12.5 Å². The third-order valence-corrected chi connectivity index (χ3v) is 5.03. The van der Waals surface area contributed by atoms with Gasteiger partial charge in [-0.25, -0.2) is 0 Å². The molecule has 2 aliphatic heterocycles. The lowest BCUT2D eigenvalue weighted by atomic mass is 9.92. The van der Waals surface area contributed by atoms with Crippen molar-refractivity contribution in [2.45, 2.75) is 31.7 Å². The van der Waals surface area contributed by atoms with Crippen molar-refractivity contribution in [2.75, 3.05) is 19.8 Å². The van der Waals surface area contributed by atoms with Gasteiger partial charge >= 0.3 is 0 Å². The van der Waals surface area contributed by atoms with Crippen molar-refractivity contribution in [3.05, 3.63) is 71.8 Å². The third kappa shape index (κ3) is 4.28. The second kappa shape index (κ2) is 8.11. The summed E-state index contributed by atoms with van der Waals surface area (Å²) in [6, 6.07) is 21.1. The van der Waals surface area contributed by atoms with Crippen LogP contribution in [0.1, 0.15) is 17.5 Å². The van der Waals surface area contributed by atoms with E-state index in [9.17, 15) is 0 Å². The molecule has 4 nitrogen and oxygen atoms in total. The van der Waals surface area contributed by atoms with Gasteiger partial charge in [0.05, 0.1) is 38.6 Å². The van der Waals surface area contributed by atoms with Crippen LogP contribution < -0.4 is 0 Å². The van der Waals surface area contributed by atoms with E-state index in [1.165, 1.54) is 11.1 Å². The van der Waals surface area contributed by atoms with Gasteiger partial charge in [0.25, 0.3) is 0 Å². The number of benzene rings is 2. The van der Waals surface area contributed by atoms with E-state index in [1.54, 1.807) is 0 Å². The number of rotatable bonds is 6. The van der Waals surface area contributed by atoms with Crippen LogP contribution in [0.4, 0.5) is 0 Å². The third-order valence-electron chi connectivity index (χ3n) is 5.03. The van der Waals surface area contributed by atoms with Gasteiger partial charge in [0.2, 0.25) is 0 Å². The zero-order valence-corrected chi connectivity index (χ0v) is 14.4. The van der Waals surface area contributed by atoms with Gasteiger partial charge in [-0.2, -0.15) is 5.06 Å². The van der Waals surface area contributed by atoms with Gasteiger partial charge < -0.3 is 9.47 Å². The quantitative estimate of drug-likeness (QED) is 0.807. The second-order valence-corrected chi connectivity index (χ2v) is 6.88. The lowest BCUT2D eigenvalue weighted by molar-refractivity contribution is -0.161. The first-order valence-electron chi connectivity index (χ1n) is 9.05. The Morgan fingerprint density at radius 3 is 2.40 bits per heavy atom. The molecule has 0 bridgehead atoms. The molecule has 2 heterocycles. The predicted octanol–water partition coefficient (Wildman–Crippen LogP) is 3.42. The highest BCUT2D eigenvalue weighted by atomic mass is 16.7. The summed E-state index contributed by atoms with van der Waals surface area (Å²) in [5, 5.41) is 2.10. The molecule has 2 fully saturated rings. The van der Waals surface area contributed by atoms with E-state index in [0.717, 1.165) is 26.2 Å². The minimum atomic E-state index is 0.172. The molecule has 0 spiro atoms. The van der Waals surface area contributed by atoms with Crippen LogP contribution in [0.25, 0.3) is 0 Å². The first-order valence-corrected chi connectivity index (χ1v) is 9.05. The highest BCUT2D eigenvalue weighted by Crippen LogP contribution is 2.32.